The van der Waals surface area contributed by atoms with Crippen molar-refractivity contribution in [3.63, 3.8) is 0 Å². The van der Waals surface area contributed by atoms with E-state index in [1.807, 2.05) is 7.05 Å². The number of nitrogen functional groups attached to an aromatic ring is 1. The summed E-state index contributed by atoms with van der Waals surface area (Å²) in [7, 11) is 1.85. The number of anilines is 1. The summed E-state index contributed by atoms with van der Waals surface area (Å²) in [4.78, 5) is 13.8. The maximum atomic E-state index is 12.0. The maximum Gasteiger partial charge on any atom is 0.244 e. The molecule has 1 amide bonds. The van der Waals surface area contributed by atoms with E-state index in [0.717, 1.165) is 12.2 Å². The van der Waals surface area contributed by atoms with Crippen molar-refractivity contribution in [2.24, 2.45) is 0 Å². The van der Waals surface area contributed by atoms with Crippen LogP contribution in [-0.4, -0.2) is 45.7 Å². The third-order valence-corrected chi connectivity index (χ3v) is 3.45. The van der Waals surface area contributed by atoms with Crippen LogP contribution in [0.1, 0.15) is 13.3 Å². The van der Waals surface area contributed by atoms with Gasteiger partial charge < -0.3 is 10.6 Å². The number of likely N-dealkylation sites (N-methyl/N-ethyl adjacent to an activating group) is 1. The largest absolute Gasteiger partial charge is 0.382 e. The van der Waals surface area contributed by atoms with Gasteiger partial charge in [0.15, 0.2) is 0 Å². The fraction of sp³-hybridized carbons (Fsp3) is 0.636. The number of nitrogens with zero attached hydrogens (tertiary/aromatic N) is 3. The molecule has 1 aromatic rings. The quantitative estimate of drug-likeness (QED) is 0.827. The van der Waals surface area contributed by atoms with Gasteiger partial charge in [0.05, 0.1) is 0 Å². The normalized spacial score (nSPS) is 12.4. The molecule has 0 radical (unpaired) electrons. The summed E-state index contributed by atoms with van der Waals surface area (Å²) >= 11 is 1.75. The zero-order chi connectivity index (χ0) is 12.8. The Morgan fingerprint density at radius 2 is 2.41 bits per heavy atom. The second-order valence-corrected chi connectivity index (χ2v) is 4.87. The molecule has 2 N–H and O–H groups in total. The minimum absolute atomic E-state index is 0.0639. The Morgan fingerprint density at radius 1 is 1.71 bits per heavy atom. The number of thioether (sulfide) groups is 1. The average Bonchev–Trinajstić information content (AvgIpc) is 2.70. The lowest BCUT2D eigenvalue weighted by Crippen LogP contribution is -2.40. The van der Waals surface area contributed by atoms with Crippen molar-refractivity contribution in [2.75, 3.05) is 24.8 Å². The van der Waals surface area contributed by atoms with E-state index in [2.05, 4.69) is 18.3 Å². The van der Waals surface area contributed by atoms with Crippen LogP contribution in [0.2, 0.25) is 0 Å². The van der Waals surface area contributed by atoms with Crippen molar-refractivity contribution in [2.45, 2.75) is 25.9 Å². The number of aromatic nitrogens is 2. The number of hydrogen-bond acceptors (Lipinski definition) is 4. The van der Waals surface area contributed by atoms with Crippen molar-refractivity contribution in [3.8, 4) is 0 Å². The first-order valence-corrected chi connectivity index (χ1v) is 7.01. The fourth-order valence-electron chi connectivity index (χ4n) is 1.62. The number of amides is 1. The minimum Gasteiger partial charge on any atom is -0.382 e. The summed E-state index contributed by atoms with van der Waals surface area (Å²) in [5.74, 6) is 1.46. The Labute approximate surface area is 106 Å². The van der Waals surface area contributed by atoms with E-state index in [4.69, 9.17) is 5.73 Å². The number of rotatable bonds is 6. The van der Waals surface area contributed by atoms with E-state index in [9.17, 15) is 4.79 Å². The fourth-order valence-corrected chi connectivity index (χ4v) is 2.46. The second-order valence-electron chi connectivity index (χ2n) is 3.96. The lowest BCUT2D eigenvalue weighted by molar-refractivity contribution is -0.132. The van der Waals surface area contributed by atoms with E-state index in [-0.39, 0.29) is 18.5 Å². The van der Waals surface area contributed by atoms with Crippen LogP contribution in [-0.2, 0) is 11.3 Å². The van der Waals surface area contributed by atoms with Gasteiger partial charge in [-0.1, -0.05) is 6.92 Å². The number of nitrogens with two attached hydrogens (primary N) is 1. The highest BCUT2D eigenvalue weighted by atomic mass is 32.2. The summed E-state index contributed by atoms with van der Waals surface area (Å²) in [5, 5.41) is 4.01. The van der Waals surface area contributed by atoms with Gasteiger partial charge in [-0.15, -0.1) is 0 Å². The monoisotopic (exact) mass is 256 g/mol. The van der Waals surface area contributed by atoms with Gasteiger partial charge in [0.25, 0.3) is 0 Å². The molecule has 0 bridgehead atoms. The summed E-state index contributed by atoms with van der Waals surface area (Å²) in [6, 6.07) is 1.97. The zero-order valence-corrected chi connectivity index (χ0v) is 11.4. The first kappa shape index (κ1) is 13.9. The van der Waals surface area contributed by atoms with Crippen molar-refractivity contribution in [1.29, 1.82) is 0 Å². The molecule has 1 rings (SSSR count). The molecule has 0 aliphatic rings. The van der Waals surface area contributed by atoms with Crippen molar-refractivity contribution >= 4 is 23.5 Å². The van der Waals surface area contributed by atoms with Gasteiger partial charge >= 0.3 is 0 Å². The summed E-state index contributed by atoms with van der Waals surface area (Å²) in [6.07, 6.45) is 4.73. The van der Waals surface area contributed by atoms with Crippen molar-refractivity contribution in [3.05, 3.63) is 12.3 Å². The number of carbonyl (C=O) groups excluding carboxylic acids is 1. The Balaban J connectivity index is 2.56. The third-order valence-electron chi connectivity index (χ3n) is 2.73. The highest BCUT2D eigenvalue weighted by Gasteiger charge is 2.18. The predicted octanol–water partition coefficient (Wildman–Crippen LogP) is 1.07. The van der Waals surface area contributed by atoms with Gasteiger partial charge in [-0.2, -0.15) is 16.9 Å². The topological polar surface area (TPSA) is 64.2 Å². The van der Waals surface area contributed by atoms with E-state index >= 15 is 0 Å². The van der Waals surface area contributed by atoms with E-state index in [1.54, 1.807) is 33.6 Å². The zero-order valence-electron chi connectivity index (χ0n) is 10.6. The average molecular weight is 256 g/mol. The lowest BCUT2D eigenvalue weighted by atomic mass is 10.2. The summed E-state index contributed by atoms with van der Waals surface area (Å²) in [5.41, 5.74) is 5.50. The molecule has 1 atom stereocenters. The van der Waals surface area contributed by atoms with Crippen LogP contribution in [0.5, 0.6) is 0 Å². The standard InChI is InChI=1S/C11H20N4OS/c1-4-9(8-17-3)14(2)11(16)7-15-6-5-10(12)13-15/h5-6,9H,4,7-8H2,1-3H3,(H2,12,13). The van der Waals surface area contributed by atoms with Crippen molar-refractivity contribution in [1.82, 2.24) is 14.7 Å². The highest BCUT2D eigenvalue weighted by Crippen LogP contribution is 2.09. The summed E-state index contributed by atoms with van der Waals surface area (Å²) < 4.78 is 1.57. The second kappa shape index (κ2) is 6.54. The minimum atomic E-state index is 0.0639. The van der Waals surface area contributed by atoms with Crippen LogP contribution in [0.4, 0.5) is 5.82 Å². The van der Waals surface area contributed by atoms with Crippen LogP contribution in [0.25, 0.3) is 0 Å². The van der Waals surface area contributed by atoms with Crippen LogP contribution in [0.3, 0.4) is 0 Å². The summed E-state index contributed by atoms with van der Waals surface area (Å²) in [6.45, 7) is 2.34. The Bertz CT molecular complexity index is 366. The van der Waals surface area contributed by atoms with Crippen LogP contribution >= 0.6 is 11.8 Å². The number of hydrogen-bond donors (Lipinski definition) is 1. The highest BCUT2D eigenvalue weighted by molar-refractivity contribution is 7.98. The van der Waals surface area contributed by atoms with Crippen LogP contribution in [0, 0.1) is 0 Å². The van der Waals surface area contributed by atoms with Crippen LogP contribution in [0.15, 0.2) is 12.3 Å². The predicted molar refractivity (Wildman–Crippen MR) is 71.9 cm³/mol. The van der Waals surface area contributed by atoms with Gasteiger partial charge in [0, 0.05) is 25.0 Å². The SMILES string of the molecule is CCC(CSC)N(C)C(=O)Cn1ccc(N)n1. The Morgan fingerprint density at radius 3 is 2.88 bits per heavy atom. The van der Waals surface area contributed by atoms with E-state index in [1.165, 1.54) is 0 Å². The van der Waals surface area contributed by atoms with Gasteiger partial charge in [-0.05, 0) is 18.7 Å². The van der Waals surface area contributed by atoms with E-state index < -0.39 is 0 Å². The molecule has 1 aromatic heterocycles. The molecular formula is C11H20N4OS. The molecule has 0 spiro atoms. The van der Waals surface area contributed by atoms with Gasteiger partial charge in [-0.25, -0.2) is 0 Å². The van der Waals surface area contributed by atoms with Gasteiger partial charge in [0.1, 0.15) is 12.4 Å². The first-order chi connectivity index (χ1) is 8.08. The molecular weight excluding hydrogens is 236 g/mol. The lowest BCUT2D eigenvalue weighted by Gasteiger charge is -2.26. The molecule has 0 aliphatic carbocycles. The molecule has 6 heteroatoms. The molecule has 0 aromatic carbocycles. The van der Waals surface area contributed by atoms with Gasteiger partial charge in [0.2, 0.25) is 5.91 Å². The van der Waals surface area contributed by atoms with Crippen LogP contribution < -0.4 is 5.73 Å². The molecule has 0 saturated carbocycles. The molecule has 0 aliphatic heterocycles. The van der Waals surface area contributed by atoms with Crippen molar-refractivity contribution < 1.29 is 4.79 Å². The Kier molecular flexibility index (Phi) is 5.34. The molecule has 0 saturated heterocycles. The molecule has 0 fully saturated rings. The Hall–Kier alpha value is -1.17. The molecule has 17 heavy (non-hydrogen) atoms. The smallest absolute Gasteiger partial charge is 0.244 e. The van der Waals surface area contributed by atoms with E-state index in [0.29, 0.717) is 5.82 Å². The van der Waals surface area contributed by atoms with Gasteiger partial charge in [-0.3, -0.25) is 9.48 Å². The molecule has 1 heterocycles. The maximum absolute atomic E-state index is 12.0. The molecule has 5 nitrogen and oxygen atoms in total. The first-order valence-electron chi connectivity index (χ1n) is 5.62. The third kappa shape index (κ3) is 3.96. The number of carbonyl (C=O) groups is 1. The molecule has 96 valence electrons. The molecule has 1 unspecified atom stereocenters.